The van der Waals surface area contributed by atoms with Crippen molar-refractivity contribution >= 4 is 12.1 Å². The Kier molecular flexibility index (Phi) is 4.92. The van der Waals surface area contributed by atoms with Crippen molar-refractivity contribution in [2.45, 2.75) is 26.3 Å². The third kappa shape index (κ3) is 3.03. The van der Waals surface area contributed by atoms with E-state index >= 15 is 0 Å². The van der Waals surface area contributed by atoms with Gasteiger partial charge >= 0.3 is 0 Å². The Morgan fingerprint density at radius 2 is 2.19 bits per heavy atom. The minimum atomic E-state index is -0.0140. The number of ether oxygens (including phenoxy) is 1. The second-order valence-electron chi connectivity index (χ2n) is 3.67. The lowest BCUT2D eigenvalue weighted by molar-refractivity contribution is 0.100. The molecular weight excluding hydrogens is 206 g/mol. The molecule has 0 aliphatic heterocycles. The van der Waals surface area contributed by atoms with E-state index in [0.717, 1.165) is 19.1 Å². The highest BCUT2D eigenvalue weighted by Gasteiger charge is 2.10. The molecule has 1 aromatic rings. The molecule has 4 heteroatoms. The number of methoxy groups -OCH3 is 1. The second kappa shape index (κ2) is 6.23. The Labute approximate surface area is 95.2 Å². The molecule has 0 spiro atoms. The molecule has 1 rings (SSSR count). The number of hydrogen-bond donors (Lipinski definition) is 0. The largest absolute Gasteiger partial charge is 0.385 e. The predicted molar refractivity (Wildman–Crippen MR) is 60.9 cm³/mol. The fourth-order valence-corrected chi connectivity index (χ4v) is 1.66. The number of aldehydes is 1. The number of ketones is 1. The first kappa shape index (κ1) is 12.6. The van der Waals surface area contributed by atoms with Gasteiger partial charge in [0.2, 0.25) is 0 Å². The topological polar surface area (TPSA) is 48.3 Å². The van der Waals surface area contributed by atoms with Gasteiger partial charge in [0, 0.05) is 27.2 Å². The van der Waals surface area contributed by atoms with Gasteiger partial charge in [-0.3, -0.25) is 9.59 Å². The number of Topliss-reactive ketones (excluding diaryl/α,β-unsaturated/α-hetero) is 1. The summed E-state index contributed by atoms with van der Waals surface area (Å²) < 4.78 is 6.72. The van der Waals surface area contributed by atoms with Crippen molar-refractivity contribution in [3.05, 3.63) is 23.5 Å². The molecule has 0 radical (unpaired) electrons. The molecule has 0 saturated carbocycles. The number of hydrogen-bond acceptors (Lipinski definition) is 3. The van der Waals surface area contributed by atoms with Gasteiger partial charge in [-0.2, -0.15) is 0 Å². The number of unbranched alkanes of at least 4 members (excludes halogenated alkanes) is 1. The molecule has 4 nitrogen and oxygen atoms in total. The zero-order valence-electron chi connectivity index (χ0n) is 9.73. The zero-order valence-corrected chi connectivity index (χ0v) is 9.73. The van der Waals surface area contributed by atoms with Crippen LogP contribution in [0, 0.1) is 0 Å². The summed E-state index contributed by atoms with van der Waals surface area (Å²) in [6, 6.07) is 3.38. The summed E-state index contributed by atoms with van der Waals surface area (Å²) >= 11 is 0. The van der Waals surface area contributed by atoms with Gasteiger partial charge in [0.05, 0.1) is 11.4 Å². The van der Waals surface area contributed by atoms with Gasteiger partial charge in [0.25, 0.3) is 0 Å². The average molecular weight is 223 g/mol. The highest BCUT2D eigenvalue weighted by atomic mass is 16.5. The van der Waals surface area contributed by atoms with Crippen LogP contribution in [-0.4, -0.2) is 30.4 Å². The number of carbonyl (C=O) groups excluding carboxylic acids is 2. The van der Waals surface area contributed by atoms with Crippen molar-refractivity contribution in [3.8, 4) is 0 Å². The first-order valence-electron chi connectivity index (χ1n) is 5.35. The Morgan fingerprint density at radius 3 is 2.75 bits per heavy atom. The van der Waals surface area contributed by atoms with Crippen LogP contribution in [0.15, 0.2) is 12.1 Å². The van der Waals surface area contributed by atoms with Crippen molar-refractivity contribution in [1.29, 1.82) is 0 Å². The maximum atomic E-state index is 11.3. The summed E-state index contributed by atoms with van der Waals surface area (Å²) in [6.07, 6.45) is 2.59. The van der Waals surface area contributed by atoms with Gasteiger partial charge in [-0.15, -0.1) is 0 Å². The van der Waals surface area contributed by atoms with Gasteiger partial charge in [-0.25, -0.2) is 0 Å². The maximum absolute atomic E-state index is 11.3. The molecule has 16 heavy (non-hydrogen) atoms. The zero-order chi connectivity index (χ0) is 12.0. The van der Waals surface area contributed by atoms with E-state index < -0.39 is 0 Å². The fourth-order valence-electron chi connectivity index (χ4n) is 1.66. The van der Waals surface area contributed by atoms with Crippen LogP contribution in [-0.2, 0) is 11.3 Å². The molecule has 1 aromatic heterocycles. The SMILES string of the molecule is COCCCCn1c(C=O)ccc1C(C)=O. The van der Waals surface area contributed by atoms with Crippen LogP contribution in [0.1, 0.15) is 40.7 Å². The lowest BCUT2D eigenvalue weighted by atomic mass is 10.3. The van der Waals surface area contributed by atoms with Crippen molar-refractivity contribution in [1.82, 2.24) is 4.57 Å². The molecule has 0 unspecified atom stereocenters. The molecule has 0 aliphatic rings. The van der Waals surface area contributed by atoms with Gasteiger partial charge < -0.3 is 9.30 Å². The summed E-state index contributed by atoms with van der Waals surface area (Å²) in [4.78, 5) is 22.1. The normalized spacial score (nSPS) is 10.4. The van der Waals surface area contributed by atoms with Crippen LogP contribution in [0.4, 0.5) is 0 Å². The predicted octanol–water partition coefficient (Wildman–Crippen LogP) is 1.93. The lowest BCUT2D eigenvalue weighted by Gasteiger charge is -2.08. The van der Waals surface area contributed by atoms with Gasteiger partial charge in [-0.05, 0) is 25.0 Å². The molecule has 0 amide bonds. The summed E-state index contributed by atoms with van der Waals surface area (Å²) in [5.74, 6) is -0.0140. The highest BCUT2D eigenvalue weighted by Crippen LogP contribution is 2.10. The summed E-state index contributed by atoms with van der Waals surface area (Å²) in [7, 11) is 1.66. The summed E-state index contributed by atoms with van der Waals surface area (Å²) in [6.45, 7) is 2.89. The average Bonchev–Trinajstić information content (AvgIpc) is 2.67. The fraction of sp³-hybridized carbons (Fsp3) is 0.500. The minimum Gasteiger partial charge on any atom is -0.385 e. The molecule has 0 N–H and O–H groups in total. The van der Waals surface area contributed by atoms with E-state index in [1.54, 1.807) is 23.8 Å². The van der Waals surface area contributed by atoms with Gasteiger partial charge in [0.1, 0.15) is 0 Å². The van der Waals surface area contributed by atoms with Crippen molar-refractivity contribution in [3.63, 3.8) is 0 Å². The van der Waals surface area contributed by atoms with E-state index in [0.29, 0.717) is 24.5 Å². The third-order valence-corrected chi connectivity index (χ3v) is 2.48. The number of rotatable bonds is 7. The second-order valence-corrected chi connectivity index (χ2v) is 3.67. The number of nitrogens with zero attached hydrogens (tertiary/aromatic N) is 1. The summed E-state index contributed by atoms with van der Waals surface area (Å²) in [5, 5.41) is 0. The molecule has 88 valence electrons. The number of aromatic nitrogens is 1. The van der Waals surface area contributed by atoms with Crippen molar-refractivity contribution in [2.75, 3.05) is 13.7 Å². The molecule has 0 atom stereocenters. The Bertz CT molecular complexity index is 368. The molecule has 0 bridgehead atoms. The Hall–Kier alpha value is -1.42. The van der Waals surface area contributed by atoms with Crippen LogP contribution in [0.3, 0.4) is 0 Å². The smallest absolute Gasteiger partial charge is 0.176 e. The minimum absolute atomic E-state index is 0.0140. The standard InChI is InChI=1S/C12H17NO3/c1-10(15)12-6-5-11(9-14)13(12)7-3-4-8-16-2/h5-6,9H,3-4,7-8H2,1-2H3. The first-order valence-corrected chi connectivity index (χ1v) is 5.35. The third-order valence-electron chi connectivity index (χ3n) is 2.48. The summed E-state index contributed by atoms with van der Waals surface area (Å²) in [5.41, 5.74) is 1.15. The van der Waals surface area contributed by atoms with E-state index in [-0.39, 0.29) is 5.78 Å². The Balaban J connectivity index is 2.71. The van der Waals surface area contributed by atoms with Gasteiger partial charge in [0.15, 0.2) is 12.1 Å². The van der Waals surface area contributed by atoms with E-state index in [1.165, 1.54) is 6.92 Å². The highest BCUT2D eigenvalue weighted by molar-refractivity contribution is 5.94. The van der Waals surface area contributed by atoms with E-state index in [2.05, 4.69) is 0 Å². The van der Waals surface area contributed by atoms with Gasteiger partial charge in [-0.1, -0.05) is 0 Å². The van der Waals surface area contributed by atoms with Crippen molar-refractivity contribution in [2.24, 2.45) is 0 Å². The molecular formula is C12H17NO3. The van der Waals surface area contributed by atoms with E-state index in [4.69, 9.17) is 4.74 Å². The molecule has 0 fully saturated rings. The van der Waals surface area contributed by atoms with E-state index in [9.17, 15) is 9.59 Å². The van der Waals surface area contributed by atoms with Crippen LogP contribution in [0.5, 0.6) is 0 Å². The van der Waals surface area contributed by atoms with Crippen molar-refractivity contribution < 1.29 is 14.3 Å². The molecule has 0 saturated heterocycles. The maximum Gasteiger partial charge on any atom is 0.176 e. The van der Waals surface area contributed by atoms with Crippen LogP contribution >= 0.6 is 0 Å². The van der Waals surface area contributed by atoms with Crippen LogP contribution < -0.4 is 0 Å². The van der Waals surface area contributed by atoms with E-state index in [1.807, 2.05) is 0 Å². The van der Waals surface area contributed by atoms with Crippen LogP contribution in [0.2, 0.25) is 0 Å². The molecule has 1 heterocycles. The molecule has 0 aliphatic carbocycles. The molecule has 0 aromatic carbocycles. The first-order chi connectivity index (χ1) is 7.70. The quantitative estimate of drug-likeness (QED) is 0.403. The lowest BCUT2D eigenvalue weighted by Crippen LogP contribution is -2.10. The van der Waals surface area contributed by atoms with Crippen LogP contribution in [0.25, 0.3) is 0 Å². The monoisotopic (exact) mass is 223 g/mol. The number of carbonyl (C=O) groups is 2. The Morgan fingerprint density at radius 1 is 1.44 bits per heavy atom.